The summed E-state index contributed by atoms with van der Waals surface area (Å²) in [6.45, 7) is 6.35. The number of aromatic nitrogens is 3. The fourth-order valence-electron chi connectivity index (χ4n) is 4.40. The molecular weight excluding hydrogens is 433 g/mol. The van der Waals surface area contributed by atoms with Crippen molar-refractivity contribution < 1.29 is 14.0 Å². The molecule has 2 unspecified atom stereocenters. The number of ketones is 1. The molecule has 0 bridgehead atoms. The third-order valence-corrected chi connectivity index (χ3v) is 6.16. The number of carbonyl (C=O) groups excluding carboxylic acids is 2. The van der Waals surface area contributed by atoms with Gasteiger partial charge in [-0.05, 0) is 48.9 Å². The molecule has 3 aromatic rings. The summed E-state index contributed by atoms with van der Waals surface area (Å²) in [6, 6.07) is 11.2. The van der Waals surface area contributed by atoms with E-state index < -0.39 is 6.04 Å². The number of nitrogens with zero attached hydrogens (tertiary/aromatic N) is 2. The van der Waals surface area contributed by atoms with Crippen molar-refractivity contribution in [3.8, 4) is 11.1 Å². The quantitative estimate of drug-likeness (QED) is 0.472. The Morgan fingerprint density at radius 1 is 1.15 bits per heavy atom. The van der Waals surface area contributed by atoms with Gasteiger partial charge in [0.1, 0.15) is 17.7 Å². The molecule has 2 atom stereocenters. The molecule has 178 valence electrons. The number of Topliss-reactive ketones (excluding diaryl/α,β-unsaturated/α-hetero) is 1. The molecule has 0 saturated carbocycles. The Morgan fingerprint density at radius 3 is 2.50 bits per heavy atom. The SMILES string of the molecule is Cc1nc(CC(=O)C(NC(=O)C2CCCN2)c2ccc(C(C)C)c(F)c2-c2ccccc2)n[nH]1. The summed E-state index contributed by atoms with van der Waals surface area (Å²) in [6.07, 6.45) is 1.49. The monoisotopic (exact) mass is 463 g/mol. The average Bonchev–Trinajstić information content (AvgIpc) is 3.49. The minimum atomic E-state index is -1.04. The number of benzene rings is 2. The first-order chi connectivity index (χ1) is 16.3. The Morgan fingerprint density at radius 2 is 1.88 bits per heavy atom. The zero-order valence-corrected chi connectivity index (χ0v) is 19.7. The van der Waals surface area contributed by atoms with Gasteiger partial charge < -0.3 is 10.6 Å². The lowest BCUT2D eigenvalue weighted by Gasteiger charge is -2.24. The van der Waals surface area contributed by atoms with E-state index in [2.05, 4.69) is 25.8 Å². The van der Waals surface area contributed by atoms with Crippen LogP contribution in [0.2, 0.25) is 0 Å². The number of rotatable bonds is 8. The van der Waals surface area contributed by atoms with Gasteiger partial charge in [0.05, 0.1) is 12.5 Å². The molecule has 1 aromatic heterocycles. The largest absolute Gasteiger partial charge is 0.341 e. The molecule has 3 N–H and O–H groups in total. The van der Waals surface area contributed by atoms with Crippen LogP contribution in [0.4, 0.5) is 4.39 Å². The number of hydrogen-bond acceptors (Lipinski definition) is 5. The van der Waals surface area contributed by atoms with Crippen molar-refractivity contribution in [2.45, 2.75) is 58.0 Å². The lowest BCUT2D eigenvalue weighted by molar-refractivity contribution is -0.128. The molecule has 1 amide bonds. The summed E-state index contributed by atoms with van der Waals surface area (Å²) in [5, 5.41) is 12.9. The van der Waals surface area contributed by atoms with E-state index in [4.69, 9.17) is 0 Å². The van der Waals surface area contributed by atoms with Crippen molar-refractivity contribution in [3.63, 3.8) is 0 Å². The maximum Gasteiger partial charge on any atom is 0.237 e. The minimum absolute atomic E-state index is 0.0424. The van der Waals surface area contributed by atoms with Crippen LogP contribution in [-0.2, 0) is 16.0 Å². The highest BCUT2D eigenvalue weighted by Crippen LogP contribution is 2.36. The maximum absolute atomic E-state index is 15.9. The predicted octanol–water partition coefficient (Wildman–Crippen LogP) is 3.76. The van der Waals surface area contributed by atoms with Gasteiger partial charge >= 0.3 is 0 Å². The number of hydrogen-bond donors (Lipinski definition) is 3. The predicted molar refractivity (Wildman–Crippen MR) is 128 cm³/mol. The van der Waals surface area contributed by atoms with Crippen molar-refractivity contribution in [1.82, 2.24) is 25.8 Å². The van der Waals surface area contributed by atoms with Crippen LogP contribution in [0.1, 0.15) is 61.4 Å². The Hall–Kier alpha value is -3.39. The van der Waals surface area contributed by atoms with Gasteiger partial charge in [-0.3, -0.25) is 14.7 Å². The number of nitrogens with one attached hydrogen (secondary N) is 3. The maximum atomic E-state index is 15.9. The highest BCUT2D eigenvalue weighted by Gasteiger charge is 2.32. The lowest BCUT2D eigenvalue weighted by Crippen LogP contribution is -2.44. The second-order valence-electron chi connectivity index (χ2n) is 9.02. The van der Waals surface area contributed by atoms with E-state index in [1.54, 1.807) is 19.1 Å². The molecule has 2 aromatic carbocycles. The fraction of sp³-hybridized carbons (Fsp3) is 0.385. The van der Waals surface area contributed by atoms with Crippen molar-refractivity contribution in [2.75, 3.05) is 6.54 Å². The van der Waals surface area contributed by atoms with Gasteiger partial charge in [0, 0.05) is 5.56 Å². The van der Waals surface area contributed by atoms with E-state index in [1.165, 1.54) is 0 Å². The Kier molecular flexibility index (Phi) is 7.17. The standard InChI is InChI=1S/C26H30FN5O2/c1-15(2)18-11-12-19(23(24(18)27)17-8-5-4-6-9-17)25(30-26(34)20-10-7-13-28-20)21(33)14-22-29-16(3)31-32-22/h4-6,8-9,11-12,15,20,25,28H,7,10,13-14H2,1-3H3,(H,30,34)(H,29,31,32). The second kappa shape index (κ2) is 10.3. The molecule has 7 nitrogen and oxygen atoms in total. The van der Waals surface area contributed by atoms with Crippen molar-refractivity contribution in [1.29, 1.82) is 0 Å². The van der Waals surface area contributed by atoms with Gasteiger partial charge in [0.25, 0.3) is 0 Å². The van der Waals surface area contributed by atoms with Crippen LogP contribution < -0.4 is 10.6 Å². The summed E-state index contributed by atoms with van der Waals surface area (Å²) in [5.41, 5.74) is 1.96. The smallest absolute Gasteiger partial charge is 0.237 e. The van der Waals surface area contributed by atoms with Gasteiger partial charge in [-0.15, -0.1) is 0 Å². The third-order valence-electron chi connectivity index (χ3n) is 6.16. The first kappa shape index (κ1) is 23.8. The van der Waals surface area contributed by atoms with Gasteiger partial charge in [0.15, 0.2) is 11.6 Å². The third kappa shape index (κ3) is 5.07. The summed E-state index contributed by atoms with van der Waals surface area (Å²) in [5.74, 6) is -0.0663. The zero-order chi connectivity index (χ0) is 24.2. The van der Waals surface area contributed by atoms with Crippen LogP contribution in [0.3, 0.4) is 0 Å². The highest BCUT2D eigenvalue weighted by atomic mass is 19.1. The molecule has 1 saturated heterocycles. The molecular formula is C26H30FN5O2. The molecule has 1 aliphatic rings. The van der Waals surface area contributed by atoms with Gasteiger partial charge in [-0.25, -0.2) is 9.37 Å². The number of halogens is 1. The fourth-order valence-corrected chi connectivity index (χ4v) is 4.40. The van der Waals surface area contributed by atoms with E-state index in [-0.39, 0.29) is 35.9 Å². The van der Waals surface area contributed by atoms with E-state index in [0.717, 1.165) is 13.0 Å². The summed E-state index contributed by atoms with van der Waals surface area (Å²) in [4.78, 5) is 30.8. The highest BCUT2D eigenvalue weighted by molar-refractivity contribution is 5.94. The summed E-state index contributed by atoms with van der Waals surface area (Å²) >= 11 is 0. The molecule has 0 radical (unpaired) electrons. The molecule has 4 rings (SSSR count). The zero-order valence-electron chi connectivity index (χ0n) is 19.7. The van der Waals surface area contributed by atoms with E-state index in [1.807, 2.05) is 44.2 Å². The molecule has 0 spiro atoms. The molecule has 2 heterocycles. The van der Waals surface area contributed by atoms with Crippen LogP contribution in [-0.4, -0.2) is 39.5 Å². The first-order valence-corrected chi connectivity index (χ1v) is 11.7. The van der Waals surface area contributed by atoms with Crippen molar-refractivity contribution >= 4 is 11.7 Å². The molecule has 1 aliphatic heterocycles. The molecule has 1 fully saturated rings. The molecule has 34 heavy (non-hydrogen) atoms. The summed E-state index contributed by atoms with van der Waals surface area (Å²) in [7, 11) is 0. The minimum Gasteiger partial charge on any atom is -0.341 e. The number of amides is 1. The lowest BCUT2D eigenvalue weighted by atomic mass is 9.87. The van der Waals surface area contributed by atoms with Crippen LogP contribution in [0, 0.1) is 12.7 Å². The molecule has 8 heteroatoms. The topological polar surface area (TPSA) is 99.8 Å². The van der Waals surface area contributed by atoms with Crippen LogP contribution in [0.15, 0.2) is 42.5 Å². The van der Waals surface area contributed by atoms with Gasteiger partial charge in [-0.2, -0.15) is 5.10 Å². The van der Waals surface area contributed by atoms with Crippen LogP contribution in [0.25, 0.3) is 11.1 Å². The van der Waals surface area contributed by atoms with Crippen LogP contribution >= 0.6 is 0 Å². The van der Waals surface area contributed by atoms with Crippen LogP contribution in [0.5, 0.6) is 0 Å². The van der Waals surface area contributed by atoms with E-state index >= 15 is 4.39 Å². The average molecular weight is 464 g/mol. The van der Waals surface area contributed by atoms with Crippen molar-refractivity contribution in [2.24, 2.45) is 0 Å². The first-order valence-electron chi connectivity index (χ1n) is 11.7. The Labute approximate surface area is 198 Å². The Bertz CT molecular complexity index is 1170. The number of aryl methyl sites for hydroxylation is 1. The van der Waals surface area contributed by atoms with Crippen molar-refractivity contribution in [3.05, 3.63) is 71.1 Å². The van der Waals surface area contributed by atoms with E-state index in [9.17, 15) is 9.59 Å². The number of aromatic amines is 1. The number of H-pyrrole nitrogens is 1. The van der Waals surface area contributed by atoms with Gasteiger partial charge in [0.2, 0.25) is 5.91 Å². The van der Waals surface area contributed by atoms with E-state index in [0.29, 0.717) is 40.3 Å². The Balaban J connectivity index is 1.80. The normalized spacial score (nSPS) is 16.6. The number of carbonyl (C=O) groups is 2. The molecule has 0 aliphatic carbocycles. The second-order valence-corrected chi connectivity index (χ2v) is 9.02. The van der Waals surface area contributed by atoms with Gasteiger partial charge in [-0.1, -0.05) is 56.3 Å². The summed E-state index contributed by atoms with van der Waals surface area (Å²) < 4.78 is 15.9.